The van der Waals surface area contributed by atoms with Gasteiger partial charge in [-0.3, -0.25) is 4.90 Å². The van der Waals surface area contributed by atoms with E-state index in [2.05, 4.69) is 4.72 Å². The summed E-state index contributed by atoms with van der Waals surface area (Å²) in [6.45, 7) is 1.03. The number of nitrogens with zero attached hydrogens (tertiary/aromatic N) is 1. The van der Waals surface area contributed by atoms with Crippen LogP contribution in [0.1, 0.15) is 24.4 Å². The Balaban J connectivity index is 2.21. The molecule has 0 aromatic heterocycles. The average Bonchev–Trinajstić information content (AvgIpc) is 2.48. The van der Waals surface area contributed by atoms with Gasteiger partial charge in [0.1, 0.15) is 11.9 Å². The fraction of sp³-hybridized carbons (Fsp3) is 0.533. The Morgan fingerprint density at radius 1 is 1.39 bits per heavy atom. The van der Waals surface area contributed by atoms with Crippen LogP contribution < -0.4 is 4.72 Å². The van der Waals surface area contributed by atoms with Gasteiger partial charge in [0.2, 0.25) is 10.0 Å². The Labute approximate surface area is 135 Å². The van der Waals surface area contributed by atoms with Crippen molar-refractivity contribution in [2.75, 3.05) is 26.5 Å². The third-order valence-corrected chi connectivity index (χ3v) is 4.57. The van der Waals surface area contributed by atoms with Crippen molar-refractivity contribution in [3.8, 4) is 0 Å². The van der Waals surface area contributed by atoms with Crippen LogP contribution in [-0.4, -0.2) is 51.8 Å². The van der Waals surface area contributed by atoms with E-state index in [4.69, 9.17) is 4.74 Å². The smallest absolute Gasteiger partial charge is 0.327 e. The molecular weight excluding hydrogens is 323 g/mol. The van der Waals surface area contributed by atoms with Gasteiger partial charge in [-0.15, -0.1) is 0 Å². The van der Waals surface area contributed by atoms with Gasteiger partial charge in [-0.2, -0.15) is 0 Å². The van der Waals surface area contributed by atoms with Gasteiger partial charge in [-0.05, 0) is 37.1 Å². The molecule has 1 aromatic rings. The molecule has 1 saturated heterocycles. The first kappa shape index (κ1) is 17.8. The van der Waals surface area contributed by atoms with Crippen LogP contribution in [0.2, 0.25) is 0 Å². The standard InChI is InChI=1S/C15H21FN2O4S/c1-22-15(19)14(11-5-7-12(16)8-6-11)18-9-3-4-13(10-18)17-23(2,20)21/h5-8,13-14,17H,3-4,9-10H2,1-2H3/t13-,14-/m1/s1. The van der Waals surface area contributed by atoms with Crippen molar-refractivity contribution in [3.05, 3.63) is 35.6 Å². The first-order valence-electron chi connectivity index (χ1n) is 7.35. The van der Waals surface area contributed by atoms with Gasteiger partial charge in [-0.1, -0.05) is 12.1 Å². The molecule has 0 unspecified atom stereocenters. The molecule has 1 aliphatic rings. The third-order valence-electron chi connectivity index (χ3n) is 3.81. The molecular formula is C15H21FN2O4S. The largest absolute Gasteiger partial charge is 0.468 e. The molecule has 1 aromatic carbocycles. The lowest BCUT2D eigenvalue weighted by molar-refractivity contribution is -0.147. The molecule has 0 spiro atoms. The zero-order valence-corrected chi connectivity index (χ0v) is 14.0. The van der Waals surface area contributed by atoms with E-state index in [0.29, 0.717) is 25.1 Å². The number of hydrogen-bond donors (Lipinski definition) is 1. The average molecular weight is 344 g/mol. The van der Waals surface area contributed by atoms with Crippen molar-refractivity contribution in [1.29, 1.82) is 0 Å². The Morgan fingerprint density at radius 2 is 2.04 bits per heavy atom. The molecule has 1 heterocycles. The molecule has 0 radical (unpaired) electrons. The highest BCUT2D eigenvalue weighted by Crippen LogP contribution is 2.26. The van der Waals surface area contributed by atoms with E-state index in [9.17, 15) is 17.6 Å². The molecule has 0 amide bonds. The van der Waals surface area contributed by atoms with Gasteiger partial charge in [0.25, 0.3) is 0 Å². The zero-order valence-electron chi connectivity index (χ0n) is 13.2. The summed E-state index contributed by atoms with van der Waals surface area (Å²) >= 11 is 0. The number of hydrogen-bond acceptors (Lipinski definition) is 5. The van der Waals surface area contributed by atoms with Crippen molar-refractivity contribution in [1.82, 2.24) is 9.62 Å². The number of carbonyl (C=O) groups excluding carboxylic acids is 1. The molecule has 23 heavy (non-hydrogen) atoms. The summed E-state index contributed by atoms with van der Waals surface area (Å²) < 4.78 is 43.4. The molecule has 1 N–H and O–H groups in total. The molecule has 1 aliphatic heterocycles. The maximum absolute atomic E-state index is 13.1. The van der Waals surface area contributed by atoms with Gasteiger partial charge in [-0.25, -0.2) is 22.3 Å². The number of likely N-dealkylation sites (tertiary alicyclic amines) is 1. The van der Waals surface area contributed by atoms with E-state index >= 15 is 0 Å². The predicted octanol–water partition coefficient (Wildman–Crippen LogP) is 1.05. The summed E-state index contributed by atoms with van der Waals surface area (Å²) in [5, 5.41) is 0. The first-order chi connectivity index (χ1) is 10.8. The van der Waals surface area contributed by atoms with Gasteiger partial charge >= 0.3 is 5.97 Å². The number of piperidine rings is 1. The highest BCUT2D eigenvalue weighted by Gasteiger charge is 2.33. The van der Waals surface area contributed by atoms with E-state index in [1.807, 2.05) is 4.90 Å². The van der Waals surface area contributed by atoms with Gasteiger partial charge in [0.05, 0.1) is 13.4 Å². The van der Waals surface area contributed by atoms with E-state index < -0.39 is 22.0 Å². The number of nitrogens with one attached hydrogen (secondary N) is 1. The van der Waals surface area contributed by atoms with Gasteiger partial charge in [0.15, 0.2) is 0 Å². The van der Waals surface area contributed by atoms with Crippen molar-refractivity contribution >= 4 is 16.0 Å². The topological polar surface area (TPSA) is 75.7 Å². The van der Waals surface area contributed by atoms with E-state index in [0.717, 1.165) is 12.7 Å². The van der Waals surface area contributed by atoms with Crippen LogP contribution in [0.3, 0.4) is 0 Å². The Hall–Kier alpha value is -1.51. The minimum absolute atomic E-state index is 0.258. The molecule has 2 atom stereocenters. The molecule has 0 aliphatic carbocycles. The van der Waals surface area contributed by atoms with Crippen LogP contribution in [-0.2, 0) is 19.6 Å². The summed E-state index contributed by atoms with van der Waals surface area (Å²) in [5.41, 5.74) is 0.623. The van der Waals surface area contributed by atoms with Crippen LogP contribution in [0.4, 0.5) is 4.39 Å². The lowest BCUT2D eigenvalue weighted by atomic mass is 10.00. The third kappa shape index (κ3) is 4.98. The van der Waals surface area contributed by atoms with Crippen molar-refractivity contribution in [2.24, 2.45) is 0 Å². The number of benzene rings is 1. The number of ether oxygens (including phenoxy) is 1. The van der Waals surface area contributed by atoms with E-state index in [-0.39, 0.29) is 11.9 Å². The molecule has 0 saturated carbocycles. The summed E-state index contributed by atoms with van der Waals surface area (Å²) in [7, 11) is -2.01. The minimum atomic E-state index is -3.31. The fourth-order valence-electron chi connectivity index (χ4n) is 2.89. The van der Waals surface area contributed by atoms with Crippen LogP contribution in [0.25, 0.3) is 0 Å². The number of carbonyl (C=O) groups is 1. The normalized spacial score (nSPS) is 20.9. The molecule has 8 heteroatoms. The van der Waals surface area contributed by atoms with Crippen LogP contribution in [0, 0.1) is 5.82 Å². The molecule has 128 valence electrons. The number of methoxy groups -OCH3 is 1. The summed E-state index contributed by atoms with van der Waals surface area (Å²) in [4.78, 5) is 14.1. The quantitative estimate of drug-likeness (QED) is 0.808. The zero-order chi connectivity index (χ0) is 17.0. The summed E-state index contributed by atoms with van der Waals surface area (Å²) in [5.74, 6) is -0.829. The van der Waals surface area contributed by atoms with Crippen LogP contribution in [0.5, 0.6) is 0 Å². The Kier molecular flexibility index (Phi) is 5.72. The number of sulfonamides is 1. The maximum Gasteiger partial charge on any atom is 0.327 e. The molecule has 2 rings (SSSR count). The lowest BCUT2D eigenvalue weighted by Gasteiger charge is -2.37. The highest BCUT2D eigenvalue weighted by molar-refractivity contribution is 7.88. The number of halogens is 1. The molecule has 0 bridgehead atoms. The van der Waals surface area contributed by atoms with Crippen molar-refractivity contribution in [3.63, 3.8) is 0 Å². The van der Waals surface area contributed by atoms with Crippen LogP contribution in [0.15, 0.2) is 24.3 Å². The number of esters is 1. The molecule has 6 nitrogen and oxygen atoms in total. The van der Waals surface area contributed by atoms with E-state index in [1.165, 1.54) is 19.2 Å². The first-order valence-corrected chi connectivity index (χ1v) is 9.24. The monoisotopic (exact) mass is 344 g/mol. The Bertz CT molecular complexity index is 648. The van der Waals surface area contributed by atoms with E-state index in [1.54, 1.807) is 12.1 Å². The van der Waals surface area contributed by atoms with Crippen molar-refractivity contribution in [2.45, 2.75) is 24.9 Å². The van der Waals surface area contributed by atoms with Gasteiger partial charge < -0.3 is 4.74 Å². The Morgan fingerprint density at radius 3 is 2.61 bits per heavy atom. The van der Waals surface area contributed by atoms with Gasteiger partial charge in [0, 0.05) is 12.6 Å². The number of rotatable bonds is 5. The lowest BCUT2D eigenvalue weighted by Crippen LogP contribution is -2.49. The SMILES string of the molecule is COC(=O)[C@@H](c1ccc(F)cc1)N1CCC[C@@H](NS(C)(=O)=O)C1. The summed E-state index contributed by atoms with van der Waals surface area (Å²) in [6, 6.07) is 4.74. The second kappa shape index (κ2) is 7.37. The fourth-order valence-corrected chi connectivity index (χ4v) is 3.69. The second-order valence-electron chi connectivity index (χ2n) is 5.70. The summed E-state index contributed by atoms with van der Waals surface area (Å²) in [6.07, 6.45) is 2.58. The highest BCUT2D eigenvalue weighted by atomic mass is 32.2. The minimum Gasteiger partial charge on any atom is -0.468 e. The van der Waals surface area contributed by atoms with Crippen LogP contribution >= 0.6 is 0 Å². The van der Waals surface area contributed by atoms with Crippen molar-refractivity contribution < 1.29 is 22.3 Å². The predicted molar refractivity (Wildman–Crippen MR) is 83.7 cm³/mol. The second-order valence-corrected chi connectivity index (χ2v) is 7.48. The molecule has 1 fully saturated rings. The maximum atomic E-state index is 13.1.